The second-order valence-corrected chi connectivity index (χ2v) is 3.64. The molecule has 0 saturated heterocycles. The number of hydrogen-bond donors (Lipinski definition) is 2. The van der Waals surface area contributed by atoms with E-state index in [2.05, 4.69) is 29.6 Å². The van der Waals surface area contributed by atoms with E-state index in [4.69, 9.17) is 5.11 Å². The lowest BCUT2D eigenvalue weighted by molar-refractivity contribution is 0.191. The molecule has 0 spiro atoms. The van der Waals surface area contributed by atoms with E-state index in [1.165, 1.54) is 5.56 Å². The fraction of sp³-hybridized carbons (Fsp3) is 0.500. The van der Waals surface area contributed by atoms with Gasteiger partial charge in [0.2, 0.25) is 0 Å². The van der Waals surface area contributed by atoms with Crippen molar-refractivity contribution in [3.63, 3.8) is 0 Å². The van der Waals surface area contributed by atoms with E-state index in [1.807, 2.05) is 6.07 Å². The summed E-state index contributed by atoms with van der Waals surface area (Å²) in [6.07, 6.45) is 1.98. The highest BCUT2D eigenvalue weighted by Crippen LogP contribution is 2.01. The quantitative estimate of drug-likeness (QED) is 0.672. The zero-order valence-electron chi connectivity index (χ0n) is 8.74. The van der Waals surface area contributed by atoms with Crippen molar-refractivity contribution in [3.8, 4) is 0 Å². The summed E-state index contributed by atoms with van der Waals surface area (Å²) in [5, 5.41) is 12.2. The van der Waals surface area contributed by atoms with Crippen LogP contribution in [0.2, 0.25) is 0 Å². The van der Waals surface area contributed by atoms with Crippen molar-refractivity contribution in [1.82, 2.24) is 5.32 Å². The van der Waals surface area contributed by atoms with E-state index >= 15 is 0 Å². The van der Waals surface area contributed by atoms with Crippen molar-refractivity contribution in [2.24, 2.45) is 0 Å². The van der Waals surface area contributed by atoms with Crippen LogP contribution in [0.3, 0.4) is 0 Å². The van der Waals surface area contributed by atoms with Gasteiger partial charge in [-0.2, -0.15) is 0 Å². The Morgan fingerprint density at radius 1 is 1.29 bits per heavy atom. The van der Waals surface area contributed by atoms with Crippen LogP contribution in [-0.2, 0) is 6.42 Å². The molecule has 0 saturated carbocycles. The number of hydrogen-bond acceptors (Lipinski definition) is 2. The van der Waals surface area contributed by atoms with Gasteiger partial charge in [-0.1, -0.05) is 30.3 Å². The summed E-state index contributed by atoms with van der Waals surface area (Å²) < 4.78 is 0. The highest BCUT2D eigenvalue weighted by atomic mass is 16.3. The smallest absolute Gasteiger partial charge is 0.0636 e. The molecule has 2 nitrogen and oxygen atoms in total. The van der Waals surface area contributed by atoms with Gasteiger partial charge in [0.05, 0.1) is 6.10 Å². The molecule has 1 atom stereocenters. The Bertz CT molecular complexity index is 233. The highest BCUT2D eigenvalue weighted by Gasteiger charge is 1.94. The summed E-state index contributed by atoms with van der Waals surface area (Å²) in [7, 11) is 0. The molecule has 0 heterocycles. The fourth-order valence-corrected chi connectivity index (χ4v) is 1.37. The average molecular weight is 193 g/mol. The Labute approximate surface area is 86.0 Å². The maximum absolute atomic E-state index is 9.01. The second-order valence-electron chi connectivity index (χ2n) is 3.64. The first-order valence-corrected chi connectivity index (χ1v) is 5.22. The van der Waals surface area contributed by atoms with Gasteiger partial charge in [-0.05, 0) is 31.9 Å². The summed E-state index contributed by atoms with van der Waals surface area (Å²) in [5.74, 6) is 0. The predicted molar refractivity (Wildman–Crippen MR) is 59.3 cm³/mol. The highest BCUT2D eigenvalue weighted by molar-refractivity contribution is 5.14. The minimum atomic E-state index is -0.244. The number of aliphatic hydroxyl groups is 1. The summed E-state index contributed by atoms with van der Waals surface area (Å²) in [6, 6.07) is 10.5. The van der Waals surface area contributed by atoms with Gasteiger partial charge in [-0.25, -0.2) is 0 Å². The summed E-state index contributed by atoms with van der Waals surface area (Å²) in [5.41, 5.74) is 1.38. The van der Waals surface area contributed by atoms with E-state index in [0.717, 1.165) is 19.4 Å². The number of nitrogens with one attached hydrogen (secondary N) is 1. The van der Waals surface area contributed by atoms with E-state index in [0.29, 0.717) is 6.54 Å². The van der Waals surface area contributed by atoms with E-state index in [-0.39, 0.29) is 6.10 Å². The van der Waals surface area contributed by atoms with Gasteiger partial charge in [-0.15, -0.1) is 0 Å². The molecular formula is C12H19NO. The molecule has 1 unspecified atom stereocenters. The van der Waals surface area contributed by atoms with Gasteiger partial charge in [0.1, 0.15) is 0 Å². The average Bonchev–Trinajstić information content (AvgIpc) is 2.18. The van der Waals surface area contributed by atoms with E-state index < -0.39 is 0 Å². The monoisotopic (exact) mass is 193 g/mol. The van der Waals surface area contributed by atoms with Crippen molar-refractivity contribution in [1.29, 1.82) is 0 Å². The normalized spacial score (nSPS) is 12.7. The van der Waals surface area contributed by atoms with E-state index in [1.54, 1.807) is 6.92 Å². The molecule has 2 N–H and O–H groups in total. The molecule has 0 aliphatic carbocycles. The van der Waals surface area contributed by atoms with E-state index in [9.17, 15) is 0 Å². The molecule has 14 heavy (non-hydrogen) atoms. The number of rotatable bonds is 6. The lowest BCUT2D eigenvalue weighted by Gasteiger charge is -2.06. The van der Waals surface area contributed by atoms with Gasteiger partial charge in [0, 0.05) is 6.54 Å². The van der Waals surface area contributed by atoms with Crippen molar-refractivity contribution in [3.05, 3.63) is 35.9 Å². The van der Waals surface area contributed by atoms with Crippen molar-refractivity contribution in [2.45, 2.75) is 25.9 Å². The zero-order valence-corrected chi connectivity index (χ0v) is 8.74. The van der Waals surface area contributed by atoms with Crippen LogP contribution in [-0.4, -0.2) is 24.3 Å². The molecule has 78 valence electrons. The van der Waals surface area contributed by atoms with Crippen molar-refractivity contribution >= 4 is 0 Å². The fourth-order valence-electron chi connectivity index (χ4n) is 1.37. The molecule has 1 aromatic rings. The minimum Gasteiger partial charge on any atom is -0.392 e. The van der Waals surface area contributed by atoms with Gasteiger partial charge in [0.15, 0.2) is 0 Å². The van der Waals surface area contributed by atoms with Gasteiger partial charge < -0.3 is 10.4 Å². The molecule has 0 fully saturated rings. The Kier molecular flexibility index (Phi) is 5.27. The van der Waals surface area contributed by atoms with Crippen LogP contribution in [0.5, 0.6) is 0 Å². The van der Waals surface area contributed by atoms with Gasteiger partial charge in [0.25, 0.3) is 0 Å². The molecule has 0 bridgehead atoms. The first kappa shape index (κ1) is 11.2. The van der Waals surface area contributed by atoms with Crippen LogP contribution in [0.1, 0.15) is 18.9 Å². The first-order chi connectivity index (χ1) is 6.79. The predicted octanol–water partition coefficient (Wildman–Crippen LogP) is 1.59. The molecular weight excluding hydrogens is 174 g/mol. The summed E-state index contributed by atoms with van der Waals surface area (Å²) >= 11 is 0. The van der Waals surface area contributed by atoms with Crippen LogP contribution >= 0.6 is 0 Å². The number of aliphatic hydroxyl groups excluding tert-OH is 1. The second kappa shape index (κ2) is 6.57. The Hall–Kier alpha value is -0.860. The SMILES string of the molecule is CC(O)CNCCCc1ccccc1. The standard InChI is InChI=1S/C12H19NO/c1-11(14)10-13-9-5-8-12-6-3-2-4-7-12/h2-4,6-7,11,13-14H,5,8-10H2,1H3. The van der Waals surface area contributed by atoms with Gasteiger partial charge >= 0.3 is 0 Å². The Morgan fingerprint density at radius 2 is 2.00 bits per heavy atom. The van der Waals surface area contributed by atoms with Crippen LogP contribution in [0.25, 0.3) is 0 Å². The van der Waals surface area contributed by atoms with Crippen LogP contribution in [0.15, 0.2) is 30.3 Å². The molecule has 0 aromatic heterocycles. The molecule has 2 heteroatoms. The molecule has 1 aromatic carbocycles. The molecule has 0 aliphatic heterocycles. The van der Waals surface area contributed by atoms with Crippen molar-refractivity contribution < 1.29 is 5.11 Å². The summed E-state index contributed by atoms with van der Waals surface area (Å²) in [6.45, 7) is 3.46. The first-order valence-electron chi connectivity index (χ1n) is 5.22. The molecule has 0 radical (unpaired) electrons. The zero-order chi connectivity index (χ0) is 10.2. The van der Waals surface area contributed by atoms with Crippen LogP contribution in [0, 0.1) is 0 Å². The molecule has 0 aliphatic rings. The third-order valence-electron chi connectivity index (χ3n) is 2.10. The lowest BCUT2D eigenvalue weighted by atomic mass is 10.1. The maximum Gasteiger partial charge on any atom is 0.0636 e. The van der Waals surface area contributed by atoms with Crippen molar-refractivity contribution in [2.75, 3.05) is 13.1 Å². The topological polar surface area (TPSA) is 32.3 Å². The third kappa shape index (κ3) is 5.00. The Morgan fingerprint density at radius 3 is 2.64 bits per heavy atom. The molecule has 1 rings (SSSR count). The third-order valence-corrected chi connectivity index (χ3v) is 2.10. The number of benzene rings is 1. The van der Waals surface area contributed by atoms with Gasteiger partial charge in [-0.3, -0.25) is 0 Å². The minimum absolute atomic E-state index is 0.244. The lowest BCUT2D eigenvalue weighted by Crippen LogP contribution is -2.25. The largest absolute Gasteiger partial charge is 0.392 e. The maximum atomic E-state index is 9.01. The molecule has 0 amide bonds. The van der Waals surface area contributed by atoms with Crippen LogP contribution in [0.4, 0.5) is 0 Å². The summed E-state index contributed by atoms with van der Waals surface area (Å²) in [4.78, 5) is 0. The Balaban J connectivity index is 2.05. The van der Waals surface area contributed by atoms with Crippen LogP contribution < -0.4 is 5.32 Å². The number of aryl methyl sites for hydroxylation is 1.